The standard InChI is InChI=1S/C15H17BrN4O/c1-8(2)14-18-7-10(17)13(20-14)15(21)19-11-6-4-5-9(3)12(11)16/h4-8H,17H2,1-3H3,(H,19,21). The van der Waals surface area contributed by atoms with Crippen LogP contribution in [0.4, 0.5) is 11.4 Å². The number of carbonyl (C=O) groups is 1. The molecule has 0 fully saturated rings. The average molecular weight is 349 g/mol. The van der Waals surface area contributed by atoms with Crippen molar-refractivity contribution >= 4 is 33.2 Å². The number of benzene rings is 1. The summed E-state index contributed by atoms with van der Waals surface area (Å²) in [7, 11) is 0. The summed E-state index contributed by atoms with van der Waals surface area (Å²) in [6, 6.07) is 5.64. The second-order valence-electron chi connectivity index (χ2n) is 5.08. The first-order chi connectivity index (χ1) is 9.90. The maximum atomic E-state index is 12.4. The molecule has 6 heteroatoms. The van der Waals surface area contributed by atoms with Gasteiger partial charge in [-0.05, 0) is 34.5 Å². The smallest absolute Gasteiger partial charge is 0.276 e. The topological polar surface area (TPSA) is 80.9 Å². The third kappa shape index (κ3) is 3.39. The second-order valence-corrected chi connectivity index (χ2v) is 5.87. The van der Waals surface area contributed by atoms with E-state index >= 15 is 0 Å². The van der Waals surface area contributed by atoms with Crippen molar-refractivity contribution in [2.24, 2.45) is 0 Å². The van der Waals surface area contributed by atoms with E-state index in [1.165, 1.54) is 6.20 Å². The van der Waals surface area contributed by atoms with Crippen molar-refractivity contribution in [1.29, 1.82) is 0 Å². The summed E-state index contributed by atoms with van der Waals surface area (Å²) < 4.78 is 0.843. The molecule has 0 aliphatic carbocycles. The highest BCUT2D eigenvalue weighted by Gasteiger charge is 2.16. The van der Waals surface area contributed by atoms with Crippen molar-refractivity contribution in [3.63, 3.8) is 0 Å². The number of nitrogens with one attached hydrogen (secondary N) is 1. The molecule has 0 bridgehead atoms. The van der Waals surface area contributed by atoms with Crippen LogP contribution in [0.5, 0.6) is 0 Å². The van der Waals surface area contributed by atoms with Gasteiger partial charge >= 0.3 is 0 Å². The number of hydrogen-bond donors (Lipinski definition) is 2. The molecule has 1 amide bonds. The minimum absolute atomic E-state index is 0.128. The Labute approximate surface area is 132 Å². The molecule has 0 unspecified atom stereocenters. The van der Waals surface area contributed by atoms with Crippen molar-refractivity contribution in [2.75, 3.05) is 11.1 Å². The van der Waals surface area contributed by atoms with Gasteiger partial charge in [0.15, 0.2) is 5.69 Å². The molecule has 0 saturated heterocycles. The Morgan fingerprint density at radius 1 is 1.38 bits per heavy atom. The monoisotopic (exact) mass is 348 g/mol. The Morgan fingerprint density at radius 2 is 2.10 bits per heavy atom. The SMILES string of the molecule is Cc1cccc(NC(=O)c2nc(C(C)C)ncc2N)c1Br. The second kappa shape index (κ2) is 6.22. The third-order valence-corrected chi connectivity index (χ3v) is 4.06. The van der Waals surface area contributed by atoms with E-state index in [0.717, 1.165) is 10.0 Å². The molecule has 0 spiro atoms. The number of aromatic nitrogens is 2. The molecule has 3 N–H and O–H groups in total. The summed E-state index contributed by atoms with van der Waals surface area (Å²) in [6.07, 6.45) is 1.47. The van der Waals surface area contributed by atoms with Crippen LogP contribution in [0.2, 0.25) is 0 Å². The summed E-state index contributed by atoms with van der Waals surface area (Å²) >= 11 is 3.46. The first kappa shape index (κ1) is 15.4. The lowest BCUT2D eigenvalue weighted by Crippen LogP contribution is -2.18. The molecule has 110 valence electrons. The van der Waals surface area contributed by atoms with Crippen molar-refractivity contribution in [3.05, 3.63) is 46.0 Å². The van der Waals surface area contributed by atoms with Gasteiger partial charge in [-0.2, -0.15) is 0 Å². The van der Waals surface area contributed by atoms with Crippen LogP contribution in [-0.4, -0.2) is 15.9 Å². The van der Waals surface area contributed by atoms with E-state index in [1.807, 2.05) is 39.0 Å². The van der Waals surface area contributed by atoms with Crippen molar-refractivity contribution in [3.8, 4) is 0 Å². The van der Waals surface area contributed by atoms with Crippen LogP contribution in [-0.2, 0) is 0 Å². The van der Waals surface area contributed by atoms with E-state index in [2.05, 4.69) is 31.2 Å². The van der Waals surface area contributed by atoms with E-state index in [1.54, 1.807) is 0 Å². The molecule has 2 aromatic rings. The molecule has 2 rings (SSSR count). The van der Waals surface area contributed by atoms with Crippen LogP contribution in [0.3, 0.4) is 0 Å². The molecule has 0 saturated carbocycles. The van der Waals surface area contributed by atoms with Crippen LogP contribution < -0.4 is 11.1 Å². The van der Waals surface area contributed by atoms with Gasteiger partial charge < -0.3 is 11.1 Å². The fourth-order valence-electron chi connectivity index (χ4n) is 1.79. The Kier molecular flexibility index (Phi) is 4.57. The highest BCUT2D eigenvalue weighted by Crippen LogP contribution is 2.26. The van der Waals surface area contributed by atoms with Crippen LogP contribution in [0.15, 0.2) is 28.9 Å². The minimum atomic E-state index is -0.344. The zero-order valence-corrected chi connectivity index (χ0v) is 13.7. The molecule has 0 radical (unpaired) electrons. The molecular weight excluding hydrogens is 332 g/mol. The maximum Gasteiger partial charge on any atom is 0.276 e. The van der Waals surface area contributed by atoms with Crippen LogP contribution >= 0.6 is 15.9 Å². The maximum absolute atomic E-state index is 12.4. The van der Waals surface area contributed by atoms with E-state index in [9.17, 15) is 4.79 Å². The van der Waals surface area contributed by atoms with Gasteiger partial charge in [-0.25, -0.2) is 9.97 Å². The van der Waals surface area contributed by atoms with Crippen molar-refractivity contribution in [1.82, 2.24) is 9.97 Å². The molecule has 0 aliphatic rings. The number of nitrogen functional groups attached to an aromatic ring is 1. The van der Waals surface area contributed by atoms with Gasteiger partial charge in [-0.3, -0.25) is 4.79 Å². The lowest BCUT2D eigenvalue weighted by molar-refractivity contribution is 0.102. The number of carbonyl (C=O) groups excluding carboxylic acids is 1. The molecule has 1 aromatic heterocycles. The van der Waals surface area contributed by atoms with Gasteiger partial charge in [0.1, 0.15) is 5.82 Å². The molecule has 0 aliphatic heterocycles. The third-order valence-electron chi connectivity index (χ3n) is 3.01. The summed E-state index contributed by atoms with van der Waals surface area (Å²) in [5, 5.41) is 2.82. The van der Waals surface area contributed by atoms with E-state index in [-0.39, 0.29) is 23.2 Å². The Balaban J connectivity index is 2.32. The molecule has 1 heterocycles. The average Bonchev–Trinajstić information content (AvgIpc) is 2.44. The fraction of sp³-hybridized carbons (Fsp3) is 0.267. The number of aryl methyl sites for hydroxylation is 1. The fourth-order valence-corrected chi connectivity index (χ4v) is 2.15. The molecule has 1 aromatic carbocycles. The molecular formula is C15H17BrN4O. The summed E-state index contributed by atoms with van der Waals surface area (Å²) in [4.78, 5) is 20.8. The van der Waals surface area contributed by atoms with Crippen LogP contribution in [0, 0.1) is 6.92 Å². The minimum Gasteiger partial charge on any atom is -0.396 e. The Bertz CT molecular complexity index is 685. The van der Waals surface area contributed by atoms with E-state index < -0.39 is 0 Å². The number of amides is 1. The van der Waals surface area contributed by atoms with Gasteiger partial charge in [-0.15, -0.1) is 0 Å². The Hall–Kier alpha value is -1.95. The summed E-state index contributed by atoms with van der Waals surface area (Å²) in [5.41, 5.74) is 7.99. The number of nitrogens with two attached hydrogens (primary N) is 1. The van der Waals surface area contributed by atoms with Gasteiger partial charge in [0, 0.05) is 10.4 Å². The molecule has 0 atom stereocenters. The number of nitrogens with zero attached hydrogens (tertiary/aromatic N) is 2. The number of hydrogen-bond acceptors (Lipinski definition) is 4. The number of anilines is 2. The number of halogens is 1. The quantitative estimate of drug-likeness (QED) is 0.889. The van der Waals surface area contributed by atoms with Gasteiger partial charge in [0.25, 0.3) is 5.91 Å². The summed E-state index contributed by atoms with van der Waals surface area (Å²) in [6.45, 7) is 5.88. The van der Waals surface area contributed by atoms with Crippen molar-refractivity contribution in [2.45, 2.75) is 26.7 Å². The summed E-state index contributed by atoms with van der Waals surface area (Å²) in [5.74, 6) is 0.378. The predicted octanol–water partition coefficient (Wildman–Crippen LogP) is 3.51. The van der Waals surface area contributed by atoms with Gasteiger partial charge in [0.05, 0.1) is 17.6 Å². The first-order valence-electron chi connectivity index (χ1n) is 6.59. The van der Waals surface area contributed by atoms with Crippen molar-refractivity contribution < 1.29 is 4.79 Å². The van der Waals surface area contributed by atoms with E-state index in [4.69, 9.17) is 5.73 Å². The lowest BCUT2D eigenvalue weighted by atomic mass is 10.2. The highest BCUT2D eigenvalue weighted by molar-refractivity contribution is 9.10. The zero-order chi connectivity index (χ0) is 15.6. The Morgan fingerprint density at radius 3 is 2.76 bits per heavy atom. The normalized spacial score (nSPS) is 10.7. The molecule has 21 heavy (non-hydrogen) atoms. The van der Waals surface area contributed by atoms with Crippen LogP contribution in [0.1, 0.15) is 41.6 Å². The van der Waals surface area contributed by atoms with E-state index in [0.29, 0.717) is 11.5 Å². The number of rotatable bonds is 3. The molecule has 5 nitrogen and oxygen atoms in total. The van der Waals surface area contributed by atoms with Gasteiger partial charge in [0.2, 0.25) is 0 Å². The first-order valence-corrected chi connectivity index (χ1v) is 7.38. The van der Waals surface area contributed by atoms with Gasteiger partial charge in [-0.1, -0.05) is 26.0 Å². The van der Waals surface area contributed by atoms with Crippen LogP contribution in [0.25, 0.3) is 0 Å². The zero-order valence-electron chi connectivity index (χ0n) is 12.1. The lowest BCUT2D eigenvalue weighted by Gasteiger charge is -2.11. The predicted molar refractivity (Wildman–Crippen MR) is 87.4 cm³/mol. The largest absolute Gasteiger partial charge is 0.396 e. The highest BCUT2D eigenvalue weighted by atomic mass is 79.9.